The number of rotatable bonds is 8. The van der Waals surface area contributed by atoms with Crippen molar-refractivity contribution in [2.45, 2.75) is 40.5 Å². The molecule has 1 aromatic heterocycles. The summed E-state index contributed by atoms with van der Waals surface area (Å²) < 4.78 is 5.50. The van der Waals surface area contributed by atoms with E-state index in [-0.39, 0.29) is 0 Å². The quantitative estimate of drug-likeness (QED) is 0.762. The van der Waals surface area contributed by atoms with Crippen LogP contribution in [0.3, 0.4) is 0 Å². The molecule has 6 nitrogen and oxygen atoms in total. The van der Waals surface area contributed by atoms with Gasteiger partial charge in [0.1, 0.15) is 0 Å². The van der Waals surface area contributed by atoms with Crippen LogP contribution in [0.15, 0.2) is 0 Å². The van der Waals surface area contributed by atoms with Gasteiger partial charge in [0.05, 0.1) is 6.61 Å². The largest absolute Gasteiger partial charge is 0.463 e. The van der Waals surface area contributed by atoms with Crippen LogP contribution in [0.5, 0.6) is 6.01 Å². The topological polar surface area (TPSA) is 72.0 Å². The fourth-order valence-corrected chi connectivity index (χ4v) is 2.07. The van der Waals surface area contributed by atoms with Gasteiger partial charge in [-0.15, -0.1) is 0 Å². The molecule has 1 unspecified atom stereocenters. The average molecular weight is 279 g/mol. The van der Waals surface area contributed by atoms with Gasteiger partial charge in [-0.25, -0.2) is 0 Å². The van der Waals surface area contributed by atoms with E-state index in [1.54, 1.807) is 0 Å². The molecule has 2 N–H and O–H groups in total. The molecule has 0 aliphatic heterocycles. The number of anilines is 2. The zero-order chi connectivity index (χ0) is 14.6. The Bertz CT molecular complexity index is 449. The molecule has 0 spiro atoms. The van der Waals surface area contributed by atoms with Crippen LogP contribution < -0.4 is 15.4 Å². The minimum Gasteiger partial charge on any atom is -0.463 e. The van der Waals surface area contributed by atoms with E-state index >= 15 is 0 Å². The number of ether oxygens (including phenoxy) is 1. The molecule has 1 saturated carbocycles. The highest BCUT2D eigenvalue weighted by atomic mass is 16.5. The van der Waals surface area contributed by atoms with E-state index in [1.165, 1.54) is 6.42 Å². The van der Waals surface area contributed by atoms with Gasteiger partial charge in [-0.2, -0.15) is 15.0 Å². The predicted molar refractivity (Wildman–Crippen MR) is 80.2 cm³/mol. The molecule has 0 bridgehead atoms. The zero-order valence-corrected chi connectivity index (χ0v) is 12.9. The lowest BCUT2D eigenvalue weighted by atomic mass is 10.1. The van der Waals surface area contributed by atoms with Crippen molar-refractivity contribution in [3.8, 4) is 6.01 Å². The standard InChI is InChI=1S/C14H25N5O/c1-5-7-20-13-18-11(15-6-2)17-12(19-13)16-9-10-8-14(10,3)4/h10H,5-9H2,1-4H3,(H2,15,16,17,18,19). The third-order valence-corrected chi connectivity index (χ3v) is 3.61. The smallest absolute Gasteiger partial charge is 0.323 e. The van der Waals surface area contributed by atoms with Crippen molar-refractivity contribution in [1.29, 1.82) is 0 Å². The maximum Gasteiger partial charge on any atom is 0.323 e. The molecule has 112 valence electrons. The lowest BCUT2D eigenvalue weighted by Crippen LogP contribution is -2.13. The number of nitrogens with one attached hydrogen (secondary N) is 2. The summed E-state index contributed by atoms with van der Waals surface area (Å²) in [5.41, 5.74) is 0.450. The molecule has 1 atom stereocenters. The van der Waals surface area contributed by atoms with Crippen LogP contribution in [-0.2, 0) is 0 Å². The second kappa shape index (κ2) is 6.24. The zero-order valence-electron chi connectivity index (χ0n) is 12.9. The summed E-state index contributed by atoms with van der Waals surface area (Å²) in [6.45, 7) is 10.9. The van der Waals surface area contributed by atoms with Crippen LogP contribution in [0.4, 0.5) is 11.9 Å². The molecule has 0 saturated heterocycles. The van der Waals surface area contributed by atoms with Crippen LogP contribution in [0, 0.1) is 11.3 Å². The minimum absolute atomic E-state index is 0.385. The van der Waals surface area contributed by atoms with Crippen molar-refractivity contribution >= 4 is 11.9 Å². The van der Waals surface area contributed by atoms with Crippen LogP contribution >= 0.6 is 0 Å². The van der Waals surface area contributed by atoms with Crippen LogP contribution in [0.25, 0.3) is 0 Å². The first-order valence-electron chi connectivity index (χ1n) is 7.41. The third-order valence-electron chi connectivity index (χ3n) is 3.61. The molecule has 0 aromatic carbocycles. The van der Waals surface area contributed by atoms with E-state index in [9.17, 15) is 0 Å². The Balaban J connectivity index is 2.00. The maximum absolute atomic E-state index is 5.50. The van der Waals surface area contributed by atoms with E-state index < -0.39 is 0 Å². The number of nitrogens with zero attached hydrogens (tertiary/aromatic N) is 3. The van der Waals surface area contributed by atoms with Gasteiger partial charge in [-0.3, -0.25) is 0 Å². The van der Waals surface area contributed by atoms with E-state index in [0.717, 1.165) is 19.5 Å². The monoisotopic (exact) mass is 279 g/mol. The SMILES string of the molecule is CCCOc1nc(NCC)nc(NCC2CC2(C)C)n1. The summed E-state index contributed by atoms with van der Waals surface area (Å²) in [7, 11) is 0. The first-order valence-corrected chi connectivity index (χ1v) is 7.41. The molecule has 0 amide bonds. The van der Waals surface area contributed by atoms with Crippen molar-refractivity contribution < 1.29 is 4.74 Å². The van der Waals surface area contributed by atoms with Gasteiger partial charge in [0.2, 0.25) is 11.9 Å². The van der Waals surface area contributed by atoms with Crippen LogP contribution in [0.1, 0.15) is 40.5 Å². The highest BCUT2D eigenvalue weighted by Crippen LogP contribution is 2.51. The Morgan fingerprint density at radius 2 is 1.80 bits per heavy atom. The van der Waals surface area contributed by atoms with Crippen molar-refractivity contribution in [3.63, 3.8) is 0 Å². The normalized spacial score (nSPS) is 19.5. The maximum atomic E-state index is 5.50. The molecule has 6 heteroatoms. The van der Waals surface area contributed by atoms with Crippen LogP contribution in [-0.4, -0.2) is 34.6 Å². The van der Waals surface area contributed by atoms with Gasteiger partial charge >= 0.3 is 6.01 Å². The fraction of sp³-hybridized carbons (Fsp3) is 0.786. The fourth-order valence-electron chi connectivity index (χ4n) is 2.07. The molecular weight excluding hydrogens is 254 g/mol. The second-order valence-electron chi connectivity index (χ2n) is 5.91. The third kappa shape index (κ3) is 3.95. The number of aromatic nitrogens is 3. The Kier molecular flexibility index (Phi) is 4.62. The van der Waals surface area contributed by atoms with E-state index in [2.05, 4.69) is 46.4 Å². The Morgan fingerprint density at radius 3 is 2.35 bits per heavy atom. The van der Waals surface area contributed by atoms with E-state index in [0.29, 0.717) is 35.8 Å². The van der Waals surface area contributed by atoms with Gasteiger partial charge in [0, 0.05) is 13.1 Å². The minimum atomic E-state index is 0.385. The molecule has 1 heterocycles. The Labute approximate surface area is 120 Å². The molecule has 1 aliphatic rings. The highest BCUT2D eigenvalue weighted by molar-refractivity contribution is 5.36. The van der Waals surface area contributed by atoms with Crippen molar-refractivity contribution in [3.05, 3.63) is 0 Å². The molecule has 0 radical (unpaired) electrons. The molecule has 1 aromatic rings. The molecular formula is C14H25N5O. The first kappa shape index (κ1) is 14.8. The molecule has 20 heavy (non-hydrogen) atoms. The summed E-state index contributed by atoms with van der Waals surface area (Å²) in [5.74, 6) is 1.85. The van der Waals surface area contributed by atoms with Gasteiger partial charge in [-0.05, 0) is 31.1 Å². The van der Waals surface area contributed by atoms with Crippen molar-refractivity contribution in [1.82, 2.24) is 15.0 Å². The first-order chi connectivity index (χ1) is 9.55. The summed E-state index contributed by atoms with van der Waals surface area (Å²) in [5, 5.41) is 6.40. The Hall–Kier alpha value is -1.59. The van der Waals surface area contributed by atoms with Gasteiger partial charge in [-0.1, -0.05) is 20.8 Å². The summed E-state index contributed by atoms with van der Waals surface area (Å²) in [6, 6.07) is 0.385. The van der Waals surface area contributed by atoms with Gasteiger partial charge in [0.15, 0.2) is 0 Å². The highest BCUT2D eigenvalue weighted by Gasteiger charge is 2.45. The lowest BCUT2D eigenvalue weighted by molar-refractivity contribution is 0.292. The van der Waals surface area contributed by atoms with E-state index in [1.807, 2.05) is 6.92 Å². The van der Waals surface area contributed by atoms with Gasteiger partial charge in [0.25, 0.3) is 0 Å². The average Bonchev–Trinajstić information content (AvgIpc) is 3.02. The predicted octanol–water partition coefficient (Wildman–Crippen LogP) is 2.55. The number of hydrogen-bond acceptors (Lipinski definition) is 6. The summed E-state index contributed by atoms with van der Waals surface area (Å²) in [4.78, 5) is 12.9. The Morgan fingerprint density at radius 1 is 1.15 bits per heavy atom. The van der Waals surface area contributed by atoms with Gasteiger partial charge < -0.3 is 15.4 Å². The van der Waals surface area contributed by atoms with Crippen molar-refractivity contribution in [2.24, 2.45) is 11.3 Å². The van der Waals surface area contributed by atoms with Crippen LogP contribution in [0.2, 0.25) is 0 Å². The molecule has 2 rings (SSSR count). The second-order valence-corrected chi connectivity index (χ2v) is 5.91. The van der Waals surface area contributed by atoms with Crippen molar-refractivity contribution in [2.75, 3.05) is 30.3 Å². The molecule has 1 aliphatic carbocycles. The summed E-state index contributed by atoms with van der Waals surface area (Å²) >= 11 is 0. The summed E-state index contributed by atoms with van der Waals surface area (Å²) in [6.07, 6.45) is 2.19. The van der Waals surface area contributed by atoms with E-state index in [4.69, 9.17) is 4.74 Å². The lowest BCUT2D eigenvalue weighted by Gasteiger charge is -2.10. The molecule has 1 fully saturated rings. The number of hydrogen-bond donors (Lipinski definition) is 2.